The molecular weight excluding hydrogens is 306 g/mol. The highest BCUT2D eigenvalue weighted by Crippen LogP contribution is 2.32. The second-order valence-corrected chi connectivity index (χ2v) is 6.85. The van der Waals surface area contributed by atoms with Gasteiger partial charge < -0.3 is 10.6 Å². The lowest BCUT2D eigenvalue weighted by Crippen LogP contribution is -2.57. The lowest BCUT2D eigenvalue weighted by molar-refractivity contribution is -0.127. The fourth-order valence-corrected chi connectivity index (χ4v) is 3.34. The van der Waals surface area contributed by atoms with Gasteiger partial charge in [-0.2, -0.15) is 0 Å². The number of imidazole rings is 1. The van der Waals surface area contributed by atoms with Crippen LogP contribution >= 0.6 is 0 Å². The van der Waals surface area contributed by atoms with E-state index in [2.05, 4.69) is 20.6 Å². The molecule has 24 heavy (non-hydrogen) atoms. The van der Waals surface area contributed by atoms with Gasteiger partial charge >= 0.3 is 0 Å². The molecule has 2 aliphatic carbocycles. The maximum atomic E-state index is 12.7. The Labute approximate surface area is 139 Å². The van der Waals surface area contributed by atoms with Crippen molar-refractivity contribution in [2.45, 2.75) is 44.1 Å². The summed E-state index contributed by atoms with van der Waals surface area (Å²) in [5.41, 5.74) is -0.509. The number of aromatic nitrogens is 3. The van der Waals surface area contributed by atoms with Crippen LogP contribution in [0.15, 0.2) is 24.7 Å². The van der Waals surface area contributed by atoms with Gasteiger partial charge in [0.1, 0.15) is 11.2 Å². The van der Waals surface area contributed by atoms with Crippen molar-refractivity contribution in [2.24, 2.45) is 5.92 Å². The van der Waals surface area contributed by atoms with Gasteiger partial charge in [-0.05, 0) is 37.7 Å². The summed E-state index contributed by atoms with van der Waals surface area (Å²) < 4.78 is 1.70. The molecule has 0 unspecified atom stereocenters. The SMILES string of the molecule is O=C(NC1(C(=O)NCC2CC2)CCCC1)c1cn2cccnc2n1. The van der Waals surface area contributed by atoms with Crippen LogP contribution in [0.3, 0.4) is 0 Å². The van der Waals surface area contributed by atoms with Crippen LogP contribution in [-0.4, -0.2) is 38.3 Å². The predicted molar refractivity (Wildman–Crippen MR) is 87.4 cm³/mol. The maximum absolute atomic E-state index is 12.7. The lowest BCUT2D eigenvalue weighted by Gasteiger charge is -2.28. The van der Waals surface area contributed by atoms with Gasteiger partial charge in [-0.3, -0.25) is 14.0 Å². The Balaban J connectivity index is 1.51. The third-order valence-corrected chi connectivity index (χ3v) is 4.96. The summed E-state index contributed by atoms with van der Waals surface area (Å²) in [6, 6.07) is 1.78. The van der Waals surface area contributed by atoms with Crippen molar-refractivity contribution in [3.8, 4) is 0 Å². The van der Waals surface area contributed by atoms with Crippen LogP contribution in [0.2, 0.25) is 0 Å². The molecule has 126 valence electrons. The first-order valence-corrected chi connectivity index (χ1v) is 8.57. The van der Waals surface area contributed by atoms with E-state index < -0.39 is 5.54 Å². The molecule has 0 aliphatic heterocycles. The molecule has 2 N–H and O–H groups in total. The van der Waals surface area contributed by atoms with Gasteiger partial charge in [0, 0.05) is 25.1 Å². The Morgan fingerprint density at radius 2 is 2.08 bits per heavy atom. The van der Waals surface area contributed by atoms with E-state index in [0.717, 1.165) is 19.4 Å². The molecule has 7 heteroatoms. The molecule has 0 bridgehead atoms. The van der Waals surface area contributed by atoms with E-state index in [9.17, 15) is 9.59 Å². The molecule has 2 heterocycles. The number of fused-ring (bicyclic) bond motifs is 1. The molecule has 4 rings (SSSR count). The summed E-state index contributed by atoms with van der Waals surface area (Å²) in [5, 5.41) is 5.98. The summed E-state index contributed by atoms with van der Waals surface area (Å²) in [4.78, 5) is 33.7. The van der Waals surface area contributed by atoms with Crippen LogP contribution in [0, 0.1) is 5.92 Å². The van der Waals surface area contributed by atoms with Crippen molar-refractivity contribution in [1.29, 1.82) is 0 Å². The Bertz CT molecular complexity index is 741. The normalized spacial score (nSPS) is 19.3. The van der Waals surface area contributed by atoms with Crippen molar-refractivity contribution in [3.63, 3.8) is 0 Å². The second kappa shape index (κ2) is 5.89. The standard InChI is InChI=1S/C17H21N5O2/c23-14(13-11-22-9-3-8-18-16(22)20-13)21-17(6-1-2-7-17)15(24)19-10-12-4-5-12/h3,8-9,11-12H,1-2,4-7,10H2,(H,19,24)(H,21,23). The molecule has 7 nitrogen and oxygen atoms in total. The van der Waals surface area contributed by atoms with Crippen LogP contribution in [0.4, 0.5) is 0 Å². The smallest absolute Gasteiger partial charge is 0.272 e. The molecule has 0 aromatic carbocycles. The van der Waals surface area contributed by atoms with Crippen molar-refractivity contribution in [1.82, 2.24) is 25.0 Å². The monoisotopic (exact) mass is 327 g/mol. The minimum atomic E-state index is -0.796. The van der Waals surface area contributed by atoms with Crippen LogP contribution in [-0.2, 0) is 4.79 Å². The first-order valence-electron chi connectivity index (χ1n) is 8.57. The highest BCUT2D eigenvalue weighted by molar-refractivity contribution is 5.98. The van der Waals surface area contributed by atoms with Crippen LogP contribution < -0.4 is 10.6 Å². The molecule has 2 saturated carbocycles. The molecule has 2 fully saturated rings. The van der Waals surface area contributed by atoms with Gasteiger partial charge in [0.15, 0.2) is 0 Å². The molecule has 0 atom stereocenters. The van der Waals surface area contributed by atoms with Gasteiger partial charge in [0.05, 0.1) is 0 Å². The number of hydrogen-bond donors (Lipinski definition) is 2. The number of carbonyl (C=O) groups excluding carboxylic acids is 2. The minimum Gasteiger partial charge on any atom is -0.354 e. The molecule has 2 aliphatic rings. The number of nitrogens with one attached hydrogen (secondary N) is 2. The molecule has 0 saturated heterocycles. The summed E-state index contributed by atoms with van der Waals surface area (Å²) in [6.45, 7) is 0.717. The number of hydrogen-bond acceptors (Lipinski definition) is 4. The molecule has 0 radical (unpaired) electrons. The molecule has 2 aromatic heterocycles. The van der Waals surface area contributed by atoms with Crippen molar-refractivity contribution in [3.05, 3.63) is 30.4 Å². The molecule has 2 amide bonds. The zero-order chi connectivity index (χ0) is 16.6. The Morgan fingerprint density at radius 3 is 2.79 bits per heavy atom. The molecular formula is C17H21N5O2. The summed E-state index contributed by atoms with van der Waals surface area (Å²) >= 11 is 0. The summed E-state index contributed by atoms with van der Waals surface area (Å²) in [5.74, 6) is 0.722. The van der Waals surface area contributed by atoms with Gasteiger partial charge in [0.2, 0.25) is 11.7 Å². The second-order valence-electron chi connectivity index (χ2n) is 6.85. The zero-order valence-electron chi connectivity index (χ0n) is 13.5. The fourth-order valence-electron chi connectivity index (χ4n) is 3.34. The molecule has 0 spiro atoms. The topological polar surface area (TPSA) is 88.4 Å². The molecule has 2 aromatic rings. The minimum absolute atomic E-state index is 0.0536. The Hall–Kier alpha value is -2.44. The maximum Gasteiger partial charge on any atom is 0.272 e. The summed E-state index contributed by atoms with van der Waals surface area (Å²) in [7, 11) is 0. The van der Waals surface area contributed by atoms with Gasteiger partial charge in [-0.15, -0.1) is 0 Å². The van der Waals surface area contributed by atoms with E-state index in [-0.39, 0.29) is 17.5 Å². The van der Waals surface area contributed by atoms with E-state index >= 15 is 0 Å². The number of amides is 2. The number of rotatable bonds is 5. The van der Waals surface area contributed by atoms with Crippen LogP contribution in [0.5, 0.6) is 0 Å². The quantitative estimate of drug-likeness (QED) is 0.866. The van der Waals surface area contributed by atoms with E-state index in [1.165, 1.54) is 12.8 Å². The fraction of sp³-hybridized carbons (Fsp3) is 0.529. The first kappa shape index (κ1) is 15.1. The van der Waals surface area contributed by atoms with Gasteiger partial charge in [-0.25, -0.2) is 9.97 Å². The van der Waals surface area contributed by atoms with Crippen molar-refractivity contribution >= 4 is 17.6 Å². The van der Waals surface area contributed by atoms with Gasteiger partial charge in [-0.1, -0.05) is 12.8 Å². The Morgan fingerprint density at radius 1 is 1.29 bits per heavy atom. The number of carbonyl (C=O) groups is 2. The summed E-state index contributed by atoms with van der Waals surface area (Å²) in [6.07, 6.45) is 10.7. The average molecular weight is 327 g/mol. The predicted octanol–water partition coefficient (Wildman–Crippen LogP) is 1.30. The average Bonchev–Trinajstić information content (AvgIpc) is 3.11. The highest BCUT2D eigenvalue weighted by Gasteiger charge is 2.43. The third kappa shape index (κ3) is 2.86. The van der Waals surface area contributed by atoms with Crippen LogP contribution in [0.1, 0.15) is 49.0 Å². The highest BCUT2D eigenvalue weighted by atomic mass is 16.2. The third-order valence-electron chi connectivity index (χ3n) is 4.96. The largest absolute Gasteiger partial charge is 0.354 e. The van der Waals surface area contributed by atoms with E-state index in [4.69, 9.17) is 0 Å². The lowest BCUT2D eigenvalue weighted by atomic mass is 9.96. The van der Waals surface area contributed by atoms with E-state index in [1.54, 1.807) is 29.1 Å². The van der Waals surface area contributed by atoms with E-state index in [1.807, 2.05) is 0 Å². The van der Waals surface area contributed by atoms with Crippen molar-refractivity contribution < 1.29 is 9.59 Å². The van der Waals surface area contributed by atoms with Crippen LogP contribution in [0.25, 0.3) is 5.78 Å². The number of nitrogens with zero attached hydrogens (tertiary/aromatic N) is 3. The Kier molecular flexibility index (Phi) is 3.70. The van der Waals surface area contributed by atoms with E-state index in [0.29, 0.717) is 24.5 Å². The first-order chi connectivity index (χ1) is 11.7. The van der Waals surface area contributed by atoms with Crippen molar-refractivity contribution in [2.75, 3.05) is 6.54 Å². The zero-order valence-corrected chi connectivity index (χ0v) is 13.5. The van der Waals surface area contributed by atoms with Gasteiger partial charge in [0.25, 0.3) is 5.91 Å².